The van der Waals surface area contributed by atoms with Gasteiger partial charge in [-0.05, 0) is 11.8 Å². The Morgan fingerprint density at radius 2 is 1.82 bits per heavy atom. The number of rotatable bonds is 1. The van der Waals surface area contributed by atoms with Crippen LogP contribution in [-0.4, -0.2) is 59.1 Å². The van der Waals surface area contributed by atoms with Gasteiger partial charge in [0, 0.05) is 10.4 Å². The Bertz CT molecular complexity index is 462. The number of amidine groups is 1. The monoisotopic (exact) mass is 307 g/mol. The molecule has 0 radical (unpaired) electrons. The lowest BCUT2D eigenvalue weighted by atomic mass is 10.3. The number of nitrogens with two attached hydrogens (primary N) is 2. The number of aliphatic hydroxyl groups excluding tert-OH is 1. The minimum atomic E-state index is -5.17. The zero-order valence-electron chi connectivity index (χ0n) is 8.35. The number of hydrogen-bond acceptors (Lipinski definition) is 8. The number of aliphatic hydroxyl groups is 1. The normalized spacial score (nSPS) is 27.0. The summed E-state index contributed by atoms with van der Waals surface area (Å²) in [5, 5.41) is 14.1. The molecule has 0 aromatic heterocycles. The van der Waals surface area contributed by atoms with E-state index in [0.717, 1.165) is 11.8 Å². The van der Waals surface area contributed by atoms with Crippen LogP contribution in [0.2, 0.25) is 0 Å². The molecular weight excluding hydrogens is 296 g/mol. The van der Waals surface area contributed by atoms with Gasteiger partial charge in [0.2, 0.25) is 0 Å². The fourth-order valence-electron chi connectivity index (χ4n) is 1.08. The van der Waals surface area contributed by atoms with Gasteiger partial charge in [0.15, 0.2) is 9.84 Å². The first kappa shape index (κ1) is 16.6. The van der Waals surface area contributed by atoms with Crippen LogP contribution in [-0.2, 0) is 20.2 Å². The average Bonchev–Trinajstić information content (AvgIpc) is 2.18. The highest BCUT2D eigenvalue weighted by Crippen LogP contribution is 2.23. The van der Waals surface area contributed by atoms with E-state index < -0.39 is 31.6 Å². The molecule has 0 saturated carbocycles. The lowest BCUT2D eigenvalue weighted by Gasteiger charge is -2.06. The molecule has 1 fully saturated rings. The molecular formula is C5H11N2O7S3-. The molecule has 2 unspecified atom stereocenters. The molecule has 102 valence electrons. The summed E-state index contributed by atoms with van der Waals surface area (Å²) in [6.07, 6.45) is -0.845. The Labute approximate surface area is 102 Å². The van der Waals surface area contributed by atoms with Crippen LogP contribution >= 0.6 is 11.8 Å². The Hall–Kier alpha value is -0.400. The quantitative estimate of drug-likeness (QED) is 0.186. The van der Waals surface area contributed by atoms with Crippen molar-refractivity contribution in [3.8, 4) is 0 Å². The van der Waals surface area contributed by atoms with E-state index in [1.165, 1.54) is 0 Å². The van der Waals surface area contributed by atoms with Crippen LogP contribution in [0.4, 0.5) is 0 Å². The van der Waals surface area contributed by atoms with Gasteiger partial charge in [-0.3, -0.25) is 19.6 Å². The van der Waals surface area contributed by atoms with Crippen molar-refractivity contribution in [1.29, 1.82) is 0 Å². The number of sulfone groups is 1. The standard InChI is InChI=1S/C5H10N2O3S2.H2O4S/c6-5(7)11-4-2-12(9,10)1-3(4)8;1-5(2,3)4/h3-4,8H,1-2H2,(H3,6,7);(H2,1,2,3,4)/p-1. The first-order valence-corrected chi connectivity index (χ1v) is 8.04. The third-order valence-corrected chi connectivity index (χ3v) is 4.54. The van der Waals surface area contributed by atoms with Crippen LogP contribution in [0.5, 0.6) is 0 Å². The first-order chi connectivity index (χ1) is 7.41. The van der Waals surface area contributed by atoms with E-state index in [9.17, 15) is 13.5 Å². The molecule has 5 N–H and O–H groups in total. The molecule has 0 amide bonds. The molecule has 0 aliphatic carbocycles. The molecule has 1 rings (SSSR count). The molecule has 12 heteroatoms. The average molecular weight is 307 g/mol. The van der Waals surface area contributed by atoms with E-state index in [1.54, 1.807) is 0 Å². The molecule has 17 heavy (non-hydrogen) atoms. The summed E-state index contributed by atoms with van der Waals surface area (Å²) >= 11 is 1.02. The van der Waals surface area contributed by atoms with Gasteiger partial charge >= 0.3 is 0 Å². The van der Waals surface area contributed by atoms with Gasteiger partial charge < -0.3 is 14.2 Å². The highest BCUT2D eigenvalue weighted by Gasteiger charge is 2.38. The summed E-state index contributed by atoms with van der Waals surface area (Å²) in [7, 11) is -8.25. The van der Waals surface area contributed by atoms with Crippen molar-refractivity contribution >= 4 is 37.2 Å². The van der Waals surface area contributed by atoms with Crippen molar-refractivity contribution in [2.45, 2.75) is 11.4 Å². The van der Waals surface area contributed by atoms with Gasteiger partial charge in [-0.25, -0.2) is 8.42 Å². The number of hydrogen-bond donors (Lipinski definition) is 3. The van der Waals surface area contributed by atoms with Gasteiger partial charge in [0.1, 0.15) is 0 Å². The summed E-state index contributed by atoms with van der Waals surface area (Å²) in [5.74, 6) is -0.228. The van der Waals surface area contributed by atoms with Gasteiger partial charge in [0.25, 0.3) is 5.17 Å². The van der Waals surface area contributed by atoms with E-state index in [4.69, 9.17) is 28.7 Å². The van der Waals surface area contributed by atoms with E-state index in [1.807, 2.05) is 0 Å². The molecule has 0 aromatic carbocycles. The largest absolute Gasteiger partial charge is 0.759 e. The zero-order chi connectivity index (χ0) is 13.9. The van der Waals surface area contributed by atoms with Crippen molar-refractivity contribution in [3.05, 3.63) is 0 Å². The second-order valence-corrected chi connectivity index (χ2v) is 7.39. The second-order valence-electron chi connectivity index (χ2n) is 3.11. The molecule has 0 spiro atoms. The number of thioether (sulfide) groups is 1. The minimum absolute atomic E-state index is 0.0449. The van der Waals surface area contributed by atoms with Crippen LogP contribution in [0.25, 0.3) is 0 Å². The van der Waals surface area contributed by atoms with E-state index in [-0.39, 0.29) is 16.7 Å². The first-order valence-electron chi connectivity index (χ1n) is 4.00. The van der Waals surface area contributed by atoms with E-state index in [0.29, 0.717) is 0 Å². The van der Waals surface area contributed by atoms with Crippen molar-refractivity contribution in [2.75, 3.05) is 11.5 Å². The smallest absolute Gasteiger partial charge is 0.300 e. The van der Waals surface area contributed by atoms with Crippen LogP contribution in [0, 0.1) is 0 Å². The van der Waals surface area contributed by atoms with Crippen molar-refractivity contribution in [2.24, 2.45) is 5.73 Å². The highest BCUT2D eigenvalue weighted by molar-refractivity contribution is 8.14. The molecule has 2 atom stereocenters. The van der Waals surface area contributed by atoms with Crippen molar-refractivity contribution in [3.63, 3.8) is 0 Å². The molecule has 0 bridgehead atoms. The van der Waals surface area contributed by atoms with Crippen molar-refractivity contribution < 1.29 is 36.5 Å². The Balaban J connectivity index is 0.000000437. The maximum Gasteiger partial charge on any atom is 0.300 e. The Morgan fingerprint density at radius 3 is 2.06 bits per heavy atom. The third-order valence-electron chi connectivity index (χ3n) is 1.56. The van der Waals surface area contributed by atoms with E-state index >= 15 is 0 Å². The van der Waals surface area contributed by atoms with E-state index in [2.05, 4.69) is 0 Å². The van der Waals surface area contributed by atoms with Gasteiger partial charge in [-0.2, -0.15) is 0 Å². The maximum atomic E-state index is 11.0. The predicted molar refractivity (Wildman–Crippen MR) is 57.6 cm³/mol. The molecule has 1 saturated heterocycles. The molecule has 0 aromatic rings. The lowest BCUT2D eigenvalue weighted by molar-refractivity contribution is -0.110. The zero-order valence-corrected chi connectivity index (χ0v) is 10.8. The predicted octanol–water partition coefficient (Wildman–Crippen LogP) is -4.39. The molecule has 1 aliphatic rings. The molecule has 1 heterocycles. The Kier molecular flexibility index (Phi) is 5.83. The lowest BCUT2D eigenvalue weighted by Crippen LogP contribution is -2.45. The third kappa shape index (κ3) is 9.31. The molecule has 9 nitrogen and oxygen atoms in total. The van der Waals surface area contributed by atoms with Crippen molar-refractivity contribution in [1.82, 2.24) is 0 Å². The summed E-state index contributed by atoms with van der Waals surface area (Å²) in [4.78, 5) is 0. The van der Waals surface area contributed by atoms with Crippen LogP contribution < -0.4 is 11.1 Å². The Morgan fingerprint density at radius 1 is 1.41 bits per heavy atom. The summed E-state index contributed by atoms with van der Waals surface area (Å²) in [5.41, 5.74) is 5.17. The molecule has 1 aliphatic heterocycles. The van der Waals surface area contributed by atoms with Gasteiger partial charge in [-0.15, -0.1) is 0 Å². The van der Waals surface area contributed by atoms with Crippen LogP contribution in [0.1, 0.15) is 0 Å². The minimum Gasteiger partial charge on any atom is -0.759 e. The fraction of sp³-hybridized carbons (Fsp3) is 0.800. The summed E-state index contributed by atoms with van der Waals surface area (Å²) in [6.45, 7) is 0. The van der Waals surface area contributed by atoms with Gasteiger partial charge in [-0.1, -0.05) is 0 Å². The van der Waals surface area contributed by atoms with Gasteiger partial charge in [0.05, 0.1) is 22.9 Å². The fourth-order valence-corrected chi connectivity index (χ4v) is 4.31. The van der Waals surface area contributed by atoms with Crippen LogP contribution in [0.15, 0.2) is 0 Å². The SMILES string of the molecule is NC(=[NH2+])SC1CS(=O)(=O)CC1O.O=S(=O)([O-])[O-]. The highest BCUT2D eigenvalue weighted by atomic mass is 32.3. The second kappa shape index (κ2) is 5.97. The maximum absolute atomic E-state index is 11.0. The summed E-state index contributed by atoms with van der Waals surface area (Å²) in [6, 6.07) is 0. The topological polar surface area (TPSA) is 186 Å². The summed E-state index contributed by atoms with van der Waals surface area (Å²) < 4.78 is 56.0. The van der Waals surface area contributed by atoms with Crippen LogP contribution in [0.3, 0.4) is 0 Å².